The third kappa shape index (κ3) is 3.75. The molecule has 2 heterocycles. The summed E-state index contributed by atoms with van der Waals surface area (Å²) in [6, 6.07) is 26.5. The number of rotatable bonds is 5. The second kappa shape index (κ2) is 8.65. The average molecular weight is 487 g/mol. The highest BCUT2D eigenvalue weighted by molar-refractivity contribution is 6.16. The fraction of sp³-hybridized carbons (Fsp3) is 0. The second-order valence-electron chi connectivity index (χ2n) is 8.43. The van der Waals surface area contributed by atoms with Gasteiger partial charge in [-0.05, 0) is 70.8 Å². The van der Waals surface area contributed by atoms with Crippen LogP contribution in [0.4, 0.5) is 11.4 Å². The van der Waals surface area contributed by atoms with Crippen molar-refractivity contribution in [2.45, 2.75) is 0 Å². The van der Waals surface area contributed by atoms with E-state index in [1.54, 1.807) is 42.7 Å². The summed E-state index contributed by atoms with van der Waals surface area (Å²) in [5, 5.41) is 24.4. The van der Waals surface area contributed by atoms with Crippen molar-refractivity contribution in [1.82, 2.24) is 14.5 Å². The average Bonchev–Trinajstić information content (AvgIpc) is 3.27. The van der Waals surface area contributed by atoms with E-state index in [9.17, 15) is 20.2 Å². The maximum absolute atomic E-state index is 11.3. The first-order valence-electron chi connectivity index (χ1n) is 11.4. The van der Waals surface area contributed by atoms with Gasteiger partial charge in [0.2, 0.25) is 5.95 Å². The number of para-hydroxylation sites is 1. The van der Waals surface area contributed by atoms with Crippen molar-refractivity contribution < 1.29 is 9.85 Å². The molecule has 0 aliphatic carbocycles. The van der Waals surface area contributed by atoms with Gasteiger partial charge < -0.3 is 0 Å². The van der Waals surface area contributed by atoms with Crippen LogP contribution in [0.3, 0.4) is 0 Å². The number of fused-ring (bicyclic) bond motifs is 3. The molecule has 0 radical (unpaired) electrons. The lowest BCUT2D eigenvalue weighted by Gasteiger charge is -2.11. The van der Waals surface area contributed by atoms with Gasteiger partial charge in [-0.3, -0.25) is 24.8 Å². The molecular weight excluding hydrogens is 470 g/mol. The van der Waals surface area contributed by atoms with Crippen LogP contribution in [0, 0.1) is 20.2 Å². The van der Waals surface area contributed by atoms with Gasteiger partial charge in [-0.2, -0.15) is 0 Å². The Morgan fingerprint density at radius 3 is 1.84 bits per heavy atom. The summed E-state index contributed by atoms with van der Waals surface area (Å²) >= 11 is 0. The van der Waals surface area contributed by atoms with Crippen LogP contribution >= 0.6 is 0 Å². The SMILES string of the molecule is O=[N+]([O-])c1ccc(-c2cc(-c3ccc([N+](=O)[O-])cc3)c3c4ccccc4n(-c4ncccn4)c3c2)cc1. The molecule has 2 aromatic heterocycles. The maximum atomic E-state index is 11.3. The Bertz CT molecular complexity index is 1810. The van der Waals surface area contributed by atoms with Crippen molar-refractivity contribution >= 4 is 33.2 Å². The zero-order chi connectivity index (χ0) is 25.5. The van der Waals surface area contributed by atoms with Crippen LogP contribution in [-0.4, -0.2) is 24.4 Å². The first-order valence-corrected chi connectivity index (χ1v) is 11.4. The molecule has 6 rings (SSSR count). The Hall–Kier alpha value is -5.44. The number of hydrogen-bond donors (Lipinski definition) is 0. The highest BCUT2D eigenvalue weighted by Crippen LogP contribution is 2.41. The largest absolute Gasteiger partial charge is 0.278 e. The normalized spacial score (nSPS) is 11.1. The van der Waals surface area contributed by atoms with Gasteiger partial charge in [0.15, 0.2) is 0 Å². The molecule has 0 N–H and O–H groups in total. The molecule has 0 fully saturated rings. The summed E-state index contributed by atoms with van der Waals surface area (Å²) < 4.78 is 1.98. The van der Waals surface area contributed by atoms with E-state index < -0.39 is 9.85 Å². The van der Waals surface area contributed by atoms with Gasteiger partial charge in [-0.1, -0.05) is 18.2 Å². The molecule has 37 heavy (non-hydrogen) atoms. The van der Waals surface area contributed by atoms with Crippen LogP contribution in [0.15, 0.2) is 103 Å². The summed E-state index contributed by atoms with van der Waals surface area (Å²) in [5.41, 5.74) is 5.06. The molecule has 0 aliphatic heterocycles. The van der Waals surface area contributed by atoms with Crippen molar-refractivity contribution in [2.24, 2.45) is 0 Å². The van der Waals surface area contributed by atoms with Gasteiger partial charge in [0.05, 0.1) is 20.9 Å². The highest BCUT2D eigenvalue weighted by atomic mass is 16.6. The first kappa shape index (κ1) is 22.1. The van der Waals surface area contributed by atoms with Crippen molar-refractivity contribution in [1.29, 1.82) is 0 Å². The van der Waals surface area contributed by atoms with Gasteiger partial charge in [0.1, 0.15) is 0 Å². The molecule has 178 valence electrons. The number of aromatic nitrogens is 3. The van der Waals surface area contributed by atoms with Crippen LogP contribution < -0.4 is 0 Å². The topological polar surface area (TPSA) is 117 Å². The smallest absolute Gasteiger partial charge is 0.269 e. The molecule has 9 nitrogen and oxygen atoms in total. The van der Waals surface area contributed by atoms with E-state index in [2.05, 4.69) is 9.97 Å². The zero-order valence-electron chi connectivity index (χ0n) is 19.2. The molecule has 0 atom stereocenters. The fourth-order valence-corrected chi connectivity index (χ4v) is 4.65. The van der Waals surface area contributed by atoms with Crippen molar-refractivity contribution in [3.63, 3.8) is 0 Å². The molecular formula is C28H17N5O4. The quantitative estimate of drug-likeness (QED) is 0.197. The summed E-state index contributed by atoms with van der Waals surface area (Å²) in [4.78, 5) is 30.6. The van der Waals surface area contributed by atoms with E-state index >= 15 is 0 Å². The van der Waals surface area contributed by atoms with E-state index in [4.69, 9.17) is 0 Å². The Morgan fingerprint density at radius 1 is 0.622 bits per heavy atom. The van der Waals surface area contributed by atoms with Crippen molar-refractivity contribution in [3.8, 4) is 28.2 Å². The van der Waals surface area contributed by atoms with Gasteiger partial charge in [-0.25, -0.2) is 9.97 Å². The third-order valence-electron chi connectivity index (χ3n) is 6.33. The number of benzene rings is 4. The predicted molar refractivity (Wildman–Crippen MR) is 141 cm³/mol. The minimum absolute atomic E-state index is 0.00614. The van der Waals surface area contributed by atoms with Crippen LogP contribution in [-0.2, 0) is 0 Å². The fourth-order valence-electron chi connectivity index (χ4n) is 4.65. The van der Waals surface area contributed by atoms with Crippen LogP contribution in [0.25, 0.3) is 50.0 Å². The third-order valence-corrected chi connectivity index (χ3v) is 6.33. The van der Waals surface area contributed by atoms with E-state index in [1.807, 2.05) is 41.0 Å². The number of nitro groups is 2. The maximum Gasteiger partial charge on any atom is 0.269 e. The lowest BCUT2D eigenvalue weighted by Crippen LogP contribution is -1.99. The molecule has 0 saturated heterocycles. The second-order valence-corrected chi connectivity index (χ2v) is 8.43. The summed E-state index contributed by atoms with van der Waals surface area (Å²) in [7, 11) is 0. The lowest BCUT2D eigenvalue weighted by atomic mass is 9.94. The molecule has 9 heteroatoms. The van der Waals surface area contributed by atoms with E-state index in [-0.39, 0.29) is 11.4 Å². The van der Waals surface area contributed by atoms with Crippen molar-refractivity contribution in [3.05, 3.63) is 124 Å². The Morgan fingerprint density at radius 2 is 1.22 bits per heavy atom. The van der Waals surface area contributed by atoms with E-state index in [0.29, 0.717) is 5.95 Å². The van der Waals surface area contributed by atoms with Crippen LogP contribution in [0.1, 0.15) is 0 Å². The van der Waals surface area contributed by atoms with E-state index in [0.717, 1.165) is 44.1 Å². The van der Waals surface area contributed by atoms with Gasteiger partial charge in [0, 0.05) is 47.4 Å². The zero-order valence-corrected chi connectivity index (χ0v) is 19.2. The molecule has 4 aromatic carbocycles. The van der Waals surface area contributed by atoms with E-state index in [1.165, 1.54) is 24.3 Å². The van der Waals surface area contributed by atoms with Gasteiger partial charge >= 0.3 is 0 Å². The molecule has 0 unspecified atom stereocenters. The summed E-state index contributed by atoms with van der Waals surface area (Å²) in [6.45, 7) is 0. The Kier molecular flexibility index (Phi) is 5.16. The molecule has 0 amide bonds. The monoisotopic (exact) mass is 487 g/mol. The molecule has 0 aliphatic rings. The summed E-state index contributed by atoms with van der Waals surface area (Å²) in [6.07, 6.45) is 3.36. The molecule has 0 spiro atoms. The lowest BCUT2D eigenvalue weighted by molar-refractivity contribution is -0.385. The molecule has 6 aromatic rings. The number of hydrogen-bond acceptors (Lipinski definition) is 6. The van der Waals surface area contributed by atoms with Crippen LogP contribution in [0.2, 0.25) is 0 Å². The van der Waals surface area contributed by atoms with Gasteiger partial charge in [-0.15, -0.1) is 0 Å². The minimum atomic E-state index is -0.431. The van der Waals surface area contributed by atoms with Crippen molar-refractivity contribution in [2.75, 3.05) is 0 Å². The van der Waals surface area contributed by atoms with Crippen LogP contribution in [0.5, 0.6) is 0 Å². The molecule has 0 saturated carbocycles. The number of nitro benzene ring substituents is 2. The van der Waals surface area contributed by atoms with Gasteiger partial charge in [0.25, 0.3) is 11.4 Å². The highest BCUT2D eigenvalue weighted by Gasteiger charge is 2.20. The number of nitrogens with zero attached hydrogens (tertiary/aromatic N) is 5. The predicted octanol–water partition coefficient (Wildman–Crippen LogP) is 6.72. The standard InChI is InChI=1S/C28H17N5O4/c34-32(35)21-10-6-18(7-11-21)20-16-24(19-8-12-22(13-9-19)33(36)37)27-23-4-1-2-5-25(23)31(26(27)17-20)28-29-14-3-15-30-28/h1-17H. The number of non-ortho nitro benzene ring substituents is 2. The first-order chi connectivity index (χ1) is 18.0. The summed E-state index contributed by atoms with van der Waals surface area (Å²) in [5.74, 6) is 0.504. The Balaban J connectivity index is 1.70. The minimum Gasteiger partial charge on any atom is -0.278 e. The Labute approximate surface area is 209 Å². The molecule has 0 bridgehead atoms.